The van der Waals surface area contributed by atoms with Gasteiger partial charge in [0.2, 0.25) is 5.91 Å². The van der Waals surface area contributed by atoms with Gasteiger partial charge in [-0.05, 0) is 23.6 Å². The summed E-state index contributed by atoms with van der Waals surface area (Å²) in [6.45, 7) is 2.23. The third-order valence-corrected chi connectivity index (χ3v) is 5.37. The topological polar surface area (TPSA) is 69.7 Å². The number of ketones is 1. The predicted octanol–water partition coefficient (Wildman–Crippen LogP) is 2.05. The molecule has 6 nitrogen and oxygen atoms in total. The average molecular weight is 392 g/mol. The Hall–Kier alpha value is -2.38. The van der Waals surface area contributed by atoms with Gasteiger partial charge in [0.25, 0.3) is 11.7 Å². The zero-order valence-corrected chi connectivity index (χ0v) is 15.6. The zero-order valence-electron chi connectivity index (χ0n) is 14.0. The lowest BCUT2D eigenvalue weighted by Crippen LogP contribution is -2.51. The van der Waals surface area contributed by atoms with Crippen LogP contribution in [-0.2, 0) is 9.59 Å². The molecule has 26 heavy (non-hydrogen) atoms. The van der Waals surface area contributed by atoms with Crippen LogP contribution < -0.4 is 10.2 Å². The summed E-state index contributed by atoms with van der Waals surface area (Å²) in [6, 6.07) is 10.9. The molecular formula is C18H18ClN3O3S. The predicted molar refractivity (Wildman–Crippen MR) is 102 cm³/mol. The fourth-order valence-electron chi connectivity index (χ4n) is 2.77. The molecule has 2 aromatic rings. The summed E-state index contributed by atoms with van der Waals surface area (Å²) in [5.41, 5.74) is 0.955. The summed E-state index contributed by atoms with van der Waals surface area (Å²) < 4.78 is 0. The Kier molecular flexibility index (Phi) is 5.90. The first-order chi connectivity index (χ1) is 12.6. The summed E-state index contributed by atoms with van der Waals surface area (Å²) in [5.74, 6) is -1.57. The minimum absolute atomic E-state index is 0.179. The largest absolute Gasteiger partial charge is 0.367 e. The smallest absolute Gasteiger partial charge is 0.293 e. The second kappa shape index (κ2) is 8.33. The molecule has 2 heterocycles. The van der Waals surface area contributed by atoms with Gasteiger partial charge in [0, 0.05) is 26.2 Å². The molecule has 1 aromatic carbocycles. The Balaban J connectivity index is 1.47. The first kappa shape index (κ1) is 18.4. The number of rotatable bonds is 5. The van der Waals surface area contributed by atoms with Gasteiger partial charge in [-0.25, -0.2) is 0 Å². The molecule has 0 saturated carbocycles. The van der Waals surface area contributed by atoms with Gasteiger partial charge < -0.3 is 15.1 Å². The maximum atomic E-state index is 12.3. The monoisotopic (exact) mass is 391 g/mol. The Bertz CT molecular complexity index is 802. The Morgan fingerprint density at radius 2 is 1.77 bits per heavy atom. The molecule has 136 valence electrons. The van der Waals surface area contributed by atoms with Crippen LogP contribution in [0.1, 0.15) is 9.67 Å². The number of hydrogen-bond donors (Lipinski definition) is 1. The number of carbonyl (C=O) groups excluding carboxylic acids is 3. The van der Waals surface area contributed by atoms with Crippen LogP contribution in [-0.4, -0.2) is 55.2 Å². The Labute approximate surface area is 160 Å². The van der Waals surface area contributed by atoms with Gasteiger partial charge in [-0.15, -0.1) is 11.3 Å². The summed E-state index contributed by atoms with van der Waals surface area (Å²) in [7, 11) is 0. The van der Waals surface area contributed by atoms with Crippen molar-refractivity contribution in [2.45, 2.75) is 0 Å². The van der Waals surface area contributed by atoms with Crippen molar-refractivity contribution in [1.29, 1.82) is 0 Å². The van der Waals surface area contributed by atoms with E-state index in [-0.39, 0.29) is 12.5 Å². The molecule has 0 spiro atoms. The minimum Gasteiger partial charge on any atom is -0.367 e. The molecule has 0 atom stereocenters. The molecule has 1 N–H and O–H groups in total. The van der Waals surface area contributed by atoms with Crippen molar-refractivity contribution in [3.63, 3.8) is 0 Å². The molecule has 0 unspecified atom stereocenters. The quantitative estimate of drug-likeness (QED) is 0.625. The highest BCUT2D eigenvalue weighted by molar-refractivity contribution is 7.13. The second-order valence-corrected chi connectivity index (χ2v) is 7.16. The molecule has 2 amide bonds. The van der Waals surface area contributed by atoms with Crippen LogP contribution >= 0.6 is 22.9 Å². The molecular weight excluding hydrogens is 374 g/mol. The molecule has 3 rings (SSSR count). The average Bonchev–Trinajstić information content (AvgIpc) is 3.20. The fourth-order valence-corrected chi connectivity index (χ4v) is 3.69. The van der Waals surface area contributed by atoms with Gasteiger partial charge in [0.05, 0.1) is 22.1 Å². The highest BCUT2D eigenvalue weighted by Gasteiger charge is 2.24. The van der Waals surface area contributed by atoms with E-state index in [1.165, 1.54) is 11.3 Å². The normalized spacial score (nSPS) is 14.2. The van der Waals surface area contributed by atoms with E-state index < -0.39 is 11.7 Å². The maximum absolute atomic E-state index is 12.3. The number of piperazine rings is 1. The van der Waals surface area contributed by atoms with Crippen molar-refractivity contribution in [1.82, 2.24) is 10.2 Å². The fraction of sp³-hybridized carbons (Fsp3) is 0.278. The number of hydrogen-bond acceptors (Lipinski definition) is 5. The van der Waals surface area contributed by atoms with Crippen LogP contribution in [0.4, 0.5) is 5.69 Å². The molecule has 1 aliphatic heterocycles. The van der Waals surface area contributed by atoms with Gasteiger partial charge in [-0.3, -0.25) is 14.4 Å². The SMILES string of the molecule is O=C(NCC(=O)N1CCN(c2ccccc2Cl)CC1)C(=O)c1cccs1. The van der Waals surface area contributed by atoms with Crippen LogP contribution in [0.3, 0.4) is 0 Å². The van der Waals surface area contributed by atoms with Crippen LogP contribution in [0.2, 0.25) is 5.02 Å². The number of nitrogens with zero attached hydrogens (tertiary/aromatic N) is 2. The number of benzene rings is 1. The molecule has 1 fully saturated rings. The van der Waals surface area contributed by atoms with Crippen molar-refractivity contribution in [2.75, 3.05) is 37.6 Å². The van der Waals surface area contributed by atoms with Crippen LogP contribution in [0.5, 0.6) is 0 Å². The van der Waals surface area contributed by atoms with Crippen molar-refractivity contribution in [3.05, 3.63) is 51.7 Å². The van der Waals surface area contributed by atoms with E-state index in [4.69, 9.17) is 11.6 Å². The van der Waals surface area contributed by atoms with E-state index in [1.807, 2.05) is 24.3 Å². The van der Waals surface area contributed by atoms with Crippen LogP contribution in [0.15, 0.2) is 41.8 Å². The Morgan fingerprint density at radius 3 is 2.42 bits per heavy atom. The molecule has 0 bridgehead atoms. The first-order valence-electron chi connectivity index (χ1n) is 8.19. The summed E-state index contributed by atoms with van der Waals surface area (Å²) in [4.78, 5) is 40.2. The number of carbonyl (C=O) groups is 3. The lowest BCUT2D eigenvalue weighted by molar-refractivity contribution is -0.132. The number of amides is 2. The number of halogens is 1. The second-order valence-electron chi connectivity index (χ2n) is 5.81. The van der Waals surface area contributed by atoms with E-state index in [2.05, 4.69) is 10.2 Å². The summed E-state index contributed by atoms with van der Waals surface area (Å²) in [5, 5.41) is 4.83. The molecule has 1 saturated heterocycles. The molecule has 1 aliphatic rings. The maximum Gasteiger partial charge on any atom is 0.293 e. The van der Waals surface area contributed by atoms with Crippen molar-refractivity contribution in [2.24, 2.45) is 0 Å². The number of anilines is 1. The zero-order chi connectivity index (χ0) is 18.5. The lowest BCUT2D eigenvalue weighted by Gasteiger charge is -2.36. The molecule has 0 aliphatic carbocycles. The Morgan fingerprint density at radius 1 is 1.04 bits per heavy atom. The summed E-state index contributed by atoms with van der Waals surface area (Å²) in [6.07, 6.45) is 0. The summed E-state index contributed by atoms with van der Waals surface area (Å²) >= 11 is 7.41. The highest BCUT2D eigenvalue weighted by atomic mass is 35.5. The number of Topliss-reactive ketones (excluding diaryl/α,β-unsaturated/α-hetero) is 1. The van der Waals surface area contributed by atoms with Crippen molar-refractivity contribution >= 4 is 46.2 Å². The van der Waals surface area contributed by atoms with E-state index in [1.54, 1.807) is 22.4 Å². The van der Waals surface area contributed by atoms with E-state index in [0.29, 0.717) is 36.1 Å². The van der Waals surface area contributed by atoms with E-state index in [9.17, 15) is 14.4 Å². The lowest BCUT2D eigenvalue weighted by atomic mass is 10.2. The molecule has 1 aromatic heterocycles. The van der Waals surface area contributed by atoms with Gasteiger partial charge >= 0.3 is 0 Å². The van der Waals surface area contributed by atoms with Crippen LogP contribution in [0, 0.1) is 0 Å². The first-order valence-corrected chi connectivity index (χ1v) is 9.45. The third kappa shape index (κ3) is 4.23. The highest BCUT2D eigenvalue weighted by Crippen LogP contribution is 2.25. The molecule has 0 radical (unpaired) electrons. The van der Waals surface area contributed by atoms with Gasteiger partial charge in [0.1, 0.15) is 0 Å². The standard InChI is InChI=1S/C18H18ClN3O3S/c19-13-4-1-2-5-14(13)21-7-9-22(10-8-21)16(23)12-20-18(25)17(24)15-6-3-11-26-15/h1-6,11H,7-10,12H2,(H,20,25). The van der Waals surface area contributed by atoms with E-state index >= 15 is 0 Å². The van der Waals surface area contributed by atoms with Crippen molar-refractivity contribution < 1.29 is 14.4 Å². The van der Waals surface area contributed by atoms with E-state index in [0.717, 1.165) is 5.69 Å². The molecule has 8 heteroatoms. The van der Waals surface area contributed by atoms with Gasteiger partial charge in [-0.2, -0.15) is 0 Å². The van der Waals surface area contributed by atoms with Gasteiger partial charge in [-0.1, -0.05) is 29.8 Å². The van der Waals surface area contributed by atoms with Gasteiger partial charge in [0.15, 0.2) is 0 Å². The third-order valence-electron chi connectivity index (χ3n) is 4.18. The minimum atomic E-state index is -0.754. The van der Waals surface area contributed by atoms with Crippen molar-refractivity contribution in [3.8, 4) is 0 Å². The number of nitrogens with one attached hydrogen (secondary N) is 1. The number of para-hydroxylation sites is 1. The van der Waals surface area contributed by atoms with Crippen LogP contribution in [0.25, 0.3) is 0 Å². The number of thiophene rings is 1.